The molecule has 0 rings (SSSR count). The maximum absolute atomic E-state index is 9.81. The molecule has 0 heterocycles. The number of hydrogen-bond donors (Lipinski definition) is 0. The minimum Gasteiger partial charge on any atom is -0.398 e. The second-order valence-electron chi connectivity index (χ2n) is 0.803. The van der Waals surface area contributed by atoms with Gasteiger partial charge in [0.25, 0.3) is 0 Å². The molecule has 0 saturated heterocycles. The lowest BCUT2D eigenvalue weighted by Crippen LogP contribution is -2.04. The van der Waals surface area contributed by atoms with E-state index < -0.39 is 9.28 Å². The van der Waals surface area contributed by atoms with Crippen LogP contribution in [-0.4, -0.2) is 16.4 Å². The number of rotatable bonds is 1. The Labute approximate surface area is 33.2 Å². The van der Waals surface area contributed by atoms with E-state index in [0.717, 1.165) is 0 Å². The molecule has 0 amide bonds. The van der Waals surface area contributed by atoms with E-state index in [0.29, 0.717) is 0 Å². The lowest BCUT2D eigenvalue weighted by atomic mass is 11.8. The van der Waals surface area contributed by atoms with Crippen LogP contribution in [0.5, 0.6) is 0 Å². The van der Waals surface area contributed by atoms with Gasteiger partial charge in [-0.3, -0.25) is 4.80 Å². The fourth-order valence-electron chi connectivity index (χ4n) is 0. The fraction of sp³-hybridized carbons (Fsp3) is 1.00. The van der Waals surface area contributed by atoms with Crippen LogP contribution in [0.1, 0.15) is 0 Å². The molecule has 0 bridgehead atoms. The van der Waals surface area contributed by atoms with Gasteiger partial charge in [0, 0.05) is 7.11 Å². The van der Waals surface area contributed by atoms with Crippen molar-refractivity contribution in [3.63, 3.8) is 0 Å². The summed E-state index contributed by atoms with van der Waals surface area (Å²) in [4.78, 5) is 9.81. The van der Waals surface area contributed by atoms with Crippen molar-refractivity contribution in [3.8, 4) is 0 Å². The van der Waals surface area contributed by atoms with E-state index in [1.807, 2.05) is 0 Å². The maximum Gasteiger partial charge on any atom is 0.355 e. The third-order valence-corrected chi connectivity index (χ3v) is 0.996. The molecule has 2 nitrogen and oxygen atoms in total. The van der Waals surface area contributed by atoms with Gasteiger partial charge in [-0.1, -0.05) is 0 Å². The second kappa shape index (κ2) is 2.38. The van der Waals surface area contributed by atoms with Crippen LogP contribution >= 0.6 is 0 Å². The molecule has 1 unspecified atom stereocenters. The van der Waals surface area contributed by atoms with E-state index in [4.69, 9.17) is 0 Å². The molecular formula is C2H7O2Si. The van der Waals surface area contributed by atoms with Crippen LogP contribution < -0.4 is 0 Å². The zero-order valence-corrected chi connectivity index (χ0v) is 4.55. The molecule has 1 radical (unpaired) electrons. The molecule has 0 saturated carbocycles. The smallest absolute Gasteiger partial charge is 0.355 e. The van der Waals surface area contributed by atoms with E-state index in [1.54, 1.807) is 6.55 Å². The lowest BCUT2D eigenvalue weighted by molar-refractivity contribution is 0.288. The van der Waals surface area contributed by atoms with Crippen molar-refractivity contribution in [1.29, 1.82) is 0 Å². The topological polar surface area (TPSA) is 29.1 Å². The van der Waals surface area contributed by atoms with E-state index in [-0.39, 0.29) is 0 Å². The van der Waals surface area contributed by atoms with Crippen molar-refractivity contribution in [2.75, 3.05) is 7.11 Å². The zero-order chi connectivity index (χ0) is 4.28. The highest BCUT2D eigenvalue weighted by Gasteiger charge is 1.90. The van der Waals surface area contributed by atoms with Crippen LogP contribution in [0.25, 0.3) is 0 Å². The van der Waals surface area contributed by atoms with Gasteiger partial charge < -0.3 is 4.43 Å². The Balaban J connectivity index is 2.54. The van der Waals surface area contributed by atoms with Crippen LogP contribution in [0.15, 0.2) is 0 Å². The molecule has 3 heteroatoms. The molecule has 1 atom stereocenters. The molecule has 0 fully saturated rings. The maximum atomic E-state index is 9.81. The van der Waals surface area contributed by atoms with Crippen LogP contribution in [-0.2, 0) is 9.22 Å². The monoisotopic (exact) mass is 91.0 g/mol. The van der Waals surface area contributed by atoms with Crippen molar-refractivity contribution < 1.29 is 9.22 Å². The average molecular weight is 91.2 g/mol. The molecule has 0 aliphatic carbocycles. The van der Waals surface area contributed by atoms with Crippen molar-refractivity contribution in [3.05, 3.63) is 0 Å². The Morgan fingerprint density at radius 2 is 2.00 bits per heavy atom. The van der Waals surface area contributed by atoms with Gasteiger partial charge in [-0.2, -0.15) is 0 Å². The first-order valence-corrected chi connectivity index (χ1v) is 3.55. The summed E-state index contributed by atoms with van der Waals surface area (Å²) in [6, 6.07) is 0. The molecule has 0 aromatic rings. The summed E-state index contributed by atoms with van der Waals surface area (Å²) >= 11 is 0. The van der Waals surface area contributed by atoms with Gasteiger partial charge >= 0.3 is 9.28 Å². The Bertz CT molecular complexity index is 21.6. The van der Waals surface area contributed by atoms with Crippen LogP contribution in [0.4, 0.5) is 0 Å². The predicted molar refractivity (Wildman–Crippen MR) is 20.7 cm³/mol. The summed E-state index contributed by atoms with van der Waals surface area (Å²) < 4.78 is 4.33. The van der Waals surface area contributed by atoms with Gasteiger partial charge in [-0.15, -0.1) is 0 Å². The van der Waals surface area contributed by atoms with Gasteiger partial charge in [-0.25, -0.2) is 0 Å². The average Bonchev–Trinajstić information content (AvgIpc) is 1.38. The van der Waals surface area contributed by atoms with E-state index in [1.165, 1.54) is 7.11 Å². The van der Waals surface area contributed by atoms with Crippen molar-refractivity contribution in [2.24, 2.45) is 0 Å². The van der Waals surface area contributed by atoms with Crippen molar-refractivity contribution >= 4 is 9.28 Å². The molecule has 0 spiro atoms. The summed E-state index contributed by atoms with van der Waals surface area (Å²) in [5.41, 5.74) is 0. The molecule has 0 N–H and O–H groups in total. The van der Waals surface area contributed by atoms with Crippen molar-refractivity contribution in [1.82, 2.24) is 0 Å². The highest BCUT2D eigenvalue weighted by atomic mass is 28.3. The normalized spacial score (nSPS) is 15.0. The molecule has 0 aliphatic rings. The zero-order valence-electron chi connectivity index (χ0n) is 3.39. The predicted octanol–water partition coefficient (Wildman–Crippen LogP) is -0.0864. The van der Waals surface area contributed by atoms with Gasteiger partial charge in [0.05, 0.1) is 0 Å². The van der Waals surface area contributed by atoms with Crippen molar-refractivity contribution in [2.45, 2.75) is 6.55 Å². The highest BCUT2D eigenvalue weighted by Crippen LogP contribution is 1.68. The summed E-state index contributed by atoms with van der Waals surface area (Å²) in [7, 11) is -0.451. The largest absolute Gasteiger partial charge is 0.398 e. The summed E-state index contributed by atoms with van der Waals surface area (Å²) in [5, 5.41) is 0. The van der Waals surface area contributed by atoms with Gasteiger partial charge in [0.1, 0.15) is 0 Å². The summed E-state index contributed by atoms with van der Waals surface area (Å²) in [6.45, 7) is 1.58. The molecule has 0 aliphatic heterocycles. The fourth-order valence-corrected chi connectivity index (χ4v) is 0. The lowest BCUT2D eigenvalue weighted by Gasteiger charge is -1.87. The Morgan fingerprint density at radius 3 is 2.00 bits per heavy atom. The Hall–Kier alpha value is 0.137. The SMILES string of the molecule is CO[SiH](C)[O]. The molecule has 0 aromatic carbocycles. The summed E-state index contributed by atoms with van der Waals surface area (Å²) in [5.74, 6) is 0. The van der Waals surface area contributed by atoms with Crippen LogP contribution in [0, 0.1) is 0 Å². The van der Waals surface area contributed by atoms with Crippen LogP contribution in [0.3, 0.4) is 0 Å². The highest BCUT2D eigenvalue weighted by molar-refractivity contribution is 6.40. The second-order valence-corrected chi connectivity index (χ2v) is 2.41. The molecular weight excluding hydrogens is 84.1 g/mol. The first-order valence-electron chi connectivity index (χ1n) is 1.46. The van der Waals surface area contributed by atoms with Crippen LogP contribution in [0.2, 0.25) is 6.55 Å². The molecule has 31 valence electrons. The molecule has 5 heavy (non-hydrogen) atoms. The van der Waals surface area contributed by atoms with Gasteiger partial charge in [0.2, 0.25) is 0 Å². The van der Waals surface area contributed by atoms with Gasteiger partial charge in [-0.05, 0) is 6.55 Å². The standard InChI is InChI=1S/C2H7O2Si/c1-4-5(2)3/h5H,1-2H3. The minimum atomic E-state index is -1.90. The third kappa shape index (κ3) is 4.14. The summed E-state index contributed by atoms with van der Waals surface area (Å²) in [6.07, 6.45) is 0. The Kier molecular flexibility index (Phi) is 2.44. The number of hydrogen-bond acceptors (Lipinski definition) is 1. The third-order valence-electron chi connectivity index (χ3n) is 0.332. The van der Waals surface area contributed by atoms with E-state index in [9.17, 15) is 4.80 Å². The quantitative estimate of drug-likeness (QED) is 0.415. The molecule has 0 aromatic heterocycles. The van der Waals surface area contributed by atoms with E-state index in [2.05, 4.69) is 4.43 Å². The van der Waals surface area contributed by atoms with Gasteiger partial charge in [0.15, 0.2) is 0 Å². The first kappa shape index (κ1) is 5.14. The first-order chi connectivity index (χ1) is 2.27. The minimum absolute atomic E-state index is 1.45. The van der Waals surface area contributed by atoms with E-state index >= 15 is 0 Å². The Morgan fingerprint density at radius 1 is 1.80 bits per heavy atom.